The van der Waals surface area contributed by atoms with Gasteiger partial charge in [0.15, 0.2) is 0 Å². The number of hydrogen-bond donors (Lipinski definition) is 2. The zero-order chi connectivity index (χ0) is 11.2. The van der Waals surface area contributed by atoms with Crippen molar-refractivity contribution in [2.45, 2.75) is 13.0 Å². The molecule has 0 spiro atoms. The summed E-state index contributed by atoms with van der Waals surface area (Å²) in [7, 11) is 0. The van der Waals surface area contributed by atoms with Crippen LogP contribution in [0.15, 0.2) is 48.8 Å². The van der Waals surface area contributed by atoms with Crippen LogP contribution in [0.4, 0.5) is 0 Å². The minimum atomic E-state index is 0.0449. The van der Waals surface area contributed by atoms with Gasteiger partial charge < -0.3 is 10.3 Å². The molecule has 82 valence electrons. The van der Waals surface area contributed by atoms with E-state index < -0.39 is 0 Å². The average Bonchev–Trinajstić information content (AvgIpc) is 2.81. The Labute approximate surface area is 94.5 Å². The van der Waals surface area contributed by atoms with Crippen molar-refractivity contribution in [1.29, 1.82) is 0 Å². The fourth-order valence-corrected chi connectivity index (χ4v) is 1.51. The first kappa shape index (κ1) is 10.5. The lowest BCUT2D eigenvalue weighted by Crippen LogP contribution is -2.24. The number of amides is 1. The van der Waals surface area contributed by atoms with Crippen LogP contribution in [-0.2, 0) is 17.8 Å². The van der Waals surface area contributed by atoms with E-state index in [1.807, 2.05) is 48.8 Å². The van der Waals surface area contributed by atoms with Gasteiger partial charge in [0.05, 0.1) is 6.42 Å². The van der Waals surface area contributed by atoms with Crippen molar-refractivity contribution in [3.8, 4) is 0 Å². The van der Waals surface area contributed by atoms with Crippen molar-refractivity contribution in [2.75, 3.05) is 0 Å². The Bertz CT molecular complexity index is 434. The second-order valence-electron chi connectivity index (χ2n) is 3.66. The number of rotatable bonds is 4. The van der Waals surface area contributed by atoms with Gasteiger partial charge in [-0.05, 0) is 17.2 Å². The maximum Gasteiger partial charge on any atom is 0.224 e. The van der Waals surface area contributed by atoms with Gasteiger partial charge >= 0.3 is 0 Å². The molecule has 0 aliphatic carbocycles. The lowest BCUT2D eigenvalue weighted by molar-refractivity contribution is -0.120. The number of carbonyl (C=O) groups is 1. The smallest absolute Gasteiger partial charge is 0.224 e. The number of carbonyl (C=O) groups excluding carboxylic acids is 1. The van der Waals surface area contributed by atoms with E-state index in [1.54, 1.807) is 0 Å². The molecule has 1 heterocycles. The minimum absolute atomic E-state index is 0.0449. The number of nitrogens with one attached hydrogen (secondary N) is 2. The summed E-state index contributed by atoms with van der Waals surface area (Å²) in [6.07, 6.45) is 4.08. The first-order valence-corrected chi connectivity index (χ1v) is 5.27. The summed E-state index contributed by atoms with van der Waals surface area (Å²) in [4.78, 5) is 14.5. The topological polar surface area (TPSA) is 44.9 Å². The molecule has 2 N–H and O–H groups in total. The van der Waals surface area contributed by atoms with Gasteiger partial charge in [-0.15, -0.1) is 0 Å². The van der Waals surface area contributed by atoms with Crippen molar-refractivity contribution in [3.63, 3.8) is 0 Å². The number of aromatic amines is 1. The highest BCUT2D eigenvalue weighted by molar-refractivity contribution is 5.78. The molecule has 1 amide bonds. The Hall–Kier alpha value is -2.03. The summed E-state index contributed by atoms with van der Waals surface area (Å²) >= 11 is 0. The average molecular weight is 214 g/mol. The molecule has 0 atom stereocenters. The fraction of sp³-hybridized carbons (Fsp3) is 0.154. The molecule has 0 radical (unpaired) electrons. The molecule has 0 aliphatic heterocycles. The molecule has 16 heavy (non-hydrogen) atoms. The molecular formula is C13H14N2O. The summed E-state index contributed by atoms with van der Waals surface area (Å²) in [5.41, 5.74) is 2.12. The zero-order valence-corrected chi connectivity index (χ0v) is 8.94. The van der Waals surface area contributed by atoms with E-state index in [2.05, 4.69) is 10.3 Å². The number of H-pyrrole nitrogens is 1. The van der Waals surface area contributed by atoms with Crippen molar-refractivity contribution >= 4 is 5.91 Å². The van der Waals surface area contributed by atoms with Crippen LogP contribution in [0.2, 0.25) is 0 Å². The predicted octanol–water partition coefficient (Wildman–Crippen LogP) is 1.87. The Balaban J connectivity index is 1.80. The first-order valence-electron chi connectivity index (χ1n) is 5.27. The Kier molecular flexibility index (Phi) is 3.38. The molecule has 2 rings (SSSR count). The van der Waals surface area contributed by atoms with E-state index >= 15 is 0 Å². The minimum Gasteiger partial charge on any atom is -0.367 e. The molecule has 0 unspecified atom stereocenters. The highest BCUT2D eigenvalue weighted by Crippen LogP contribution is 2.00. The number of hydrogen-bond acceptors (Lipinski definition) is 1. The molecule has 1 aromatic heterocycles. The number of benzene rings is 1. The largest absolute Gasteiger partial charge is 0.367 e. The van der Waals surface area contributed by atoms with E-state index in [-0.39, 0.29) is 5.91 Å². The molecule has 0 fully saturated rings. The van der Waals surface area contributed by atoms with Crippen LogP contribution in [0.3, 0.4) is 0 Å². The molecule has 3 heteroatoms. The Morgan fingerprint density at radius 3 is 2.62 bits per heavy atom. The SMILES string of the molecule is O=C(Cc1cc[nH]c1)NCc1ccccc1. The van der Waals surface area contributed by atoms with Crippen LogP contribution < -0.4 is 5.32 Å². The maximum atomic E-state index is 11.6. The van der Waals surface area contributed by atoms with Crippen LogP contribution in [0.25, 0.3) is 0 Å². The summed E-state index contributed by atoms with van der Waals surface area (Å²) in [5.74, 6) is 0.0449. The van der Waals surface area contributed by atoms with Crippen LogP contribution in [0, 0.1) is 0 Å². The molecular weight excluding hydrogens is 200 g/mol. The molecule has 0 saturated carbocycles. The normalized spacial score (nSPS) is 10.0. The summed E-state index contributed by atoms with van der Waals surface area (Å²) in [6, 6.07) is 11.8. The first-order chi connectivity index (χ1) is 7.84. The highest BCUT2D eigenvalue weighted by Gasteiger charge is 2.02. The van der Waals surface area contributed by atoms with E-state index in [0.29, 0.717) is 13.0 Å². The number of aromatic nitrogens is 1. The van der Waals surface area contributed by atoms with E-state index in [1.165, 1.54) is 0 Å². The molecule has 0 bridgehead atoms. The van der Waals surface area contributed by atoms with Gasteiger partial charge in [-0.3, -0.25) is 4.79 Å². The molecule has 2 aromatic rings. The third-order valence-electron chi connectivity index (χ3n) is 2.36. The van der Waals surface area contributed by atoms with Crippen molar-refractivity contribution in [1.82, 2.24) is 10.3 Å². The lowest BCUT2D eigenvalue weighted by Gasteiger charge is -2.04. The zero-order valence-electron chi connectivity index (χ0n) is 8.94. The lowest BCUT2D eigenvalue weighted by atomic mass is 10.2. The van der Waals surface area contributed by atoms with Gasteiger partial charge in [0, 0.05) is 18.9 Å². The maximum absolute atomic E-state index is 11.6. The van der Waals surface area contributed by atoms with E-state index in [0.717, 1.165) is 11.1 Å². The Morgan fingerprint density at radius 1 is 1.12 bits per heavy atom. The predicted molar refractivity (Wildman–Crippen MR) is 62.8 cm³/mol. The van der Waals surface area contributed by atoms with Gasteiger partial charge in [-0.2, -0.15) is 0 Å². The van der Waals surface area contributed by atoms with Crippen molar-refractivity contribution in [3.05, 3.63) is 59.9 Å². The van der Waals surface area contributed by atoms with Crippen molar-refractivity contribution < 1.29 is 4.79 Å². The molecule has 3 nitrogen and oxygen atoms in total. The summed E-state index contributed by atoms with van der Waals surface area (Å²) in [5, 5.41) is 2.88. The van der Waals surface area contributed by atoms with Gasteiger partial charge in [0.2, 0.25) is 5.91 Å². The monoisotopic (exact) mass is 214 g/mol. The van der Waals surface area contributed by atoms with Crippen LogP contribution in [0.1, 0.15) is 11.1 Å². The Morgan fingerprint density at radius 2 is 1.94 bits per heavy atom. The fourth-order valence-electron chi connectivity index (χ4n) is 1.51. The summed E-state index contributed by atoms with van der Waals surface area (Å²) < 4.78 is 0. The van der Waals surface area contributed by atoms with Crippen LogP contribution in [0.5, 0.6) is 0 Å². The van der Waals surface area contributed by atoms with Crippen LogP contribution >= 0.6 is 0 Å². The summed E-state index contributed by atoms with van der Waals surface area (Å²) in [6.45, 7) is 0.587. The van der Waals surface area contributed by atoms with Gasteiger partial charge in [-0.1, -0.05) is 30.3 Å². The van der Waals surface area contributed by atoms with Crippen molar-refractivity contribution in [2.24, 2.45) is 0 Å². The molecule has 1 aromatic carbocycles. The second-order valence-corrected chi connectivity index (χ2v) is 3.66. The van der Waals surface area contributed by atoms with E-state index in [9.17, 15) is 4.79 Å². The molecule has 0 saturated heterocycles. The van der Waals surface area contributed by atoms with Gasteiger partial charge in [-0.25, -0.2) is 0 Å². The highest BCUT2D eigenvalue weighted by atomic mass is 16.1. The molecule has 0 aliphatic rings. The van der Waals surface area contributed by atoms with Gasteiger partial charge in [0.1, 0.15) is 0 Å². The second kappa shape index (κ2) is 5.16. The third kappa shape index (κ3) is 2.98. The van der Waals surface area contributed by atoms with Crippen LogP contribution in [-0.4, -0.2) is 10.9 Å². The third-order valence-corrected chi connectivity index (χ3v) is 2.36. The quantitative estimate of drug-likeness (QED) is 0.801. The standard InChI is InChI=1S/C13H14N2O/c16-13(8-12-6-7-14-9-12)15-10-11-4-2-1-3-5-11/h1-7,9,14H,8,10H2,(H,15,16). The van der Waals surface area contributed by atoms with Gasteiger partial charge in [0.25, 0.3) is 0 Å². The van der Waals surface area contributed by atoms with E-state index in [4.69, 9.17) is 0 Å².